The minimum Gasteiger partial charge on any atom is -0.228 e. The lowest BCUT2D eigenvalue weighted by atomic mass is 9.92. The third-order valence-corrected chi connectivity index (χ3v) is 6.51. The molecule has 2 fully saturated rings. The van der Waals surface area contributed by atoms with Crippen molar-refractivity contribution in [2.75, 3.05) is 0 Å². The predicted octanol–water partition coefficient (Wildman–Crippen LogP) is 9.04. The molecule has 0 aromatic heterocycles. The van der Waals surface area contributed by atoms with Gasteiger partial charge in [0.15, 0.2) is 0 Å². The summed E-state index contributed by atoms with van der Waals surface area (Å²) in [4.78, 5) is 24.2. The first kappa shape index (κ1) is 31.3. The molecule has 2 aliphatic carbocycles. The van der Waals surface area contributed by atoms with Crippen molar-refractivity contribution < 1.29 is 19.6 Å². The van der Waals surface area contributed by atoms with E-state index in [1.807, 2.05) is 69.2 Å². The molecule has 2 saturated carbocycles. The first-order valence-corrected chi connectivity index (χ1v) is 14.1. The highest BCUT2D eigenvalue weighted by atomic mass is 17.2. The van der Waals surface area contributed by atoms with Gasteiger partial charge >= 0.3 is 0 Å². The van der Waals surface area contributed by atoms with Crippen molar-refractivity contribution in [1.29, 1.82) is 0 Å². The Morgan fingerprint density at radius 2 is 0.806 bits per heavy atom. The lowest BCUT2D eigenvalue weighted by Gasteiger charge is -2.37. The first-order chi connectivity index (χ1) is 16.4. The van der Waals surface area contributed by atoms with E-state index in [9.17, 15) is 0 Å². The normalized spacial score (nSPS) is 21.9. The Balaban J connectivity index is 1.95. The molecule has 0 radical (unpaired) electrons. The van der Waals surface area contributed by atoms with Crippen molar-refractivity contribution in [2.24, 2.45) is 20.5 Å². The highest BCUT2D eigenvalue weighted by Crippen LogP contribution is 2.38. The van der Waals surface area contributed by atoms with Gasteiger partial charge < -0.3 is 0 Å². The van der Waals surface area contributed by atoms with Crippen LogP contribution in [0.15, 0.2) is 20.5 Å². The quantitative estimate of drug-likeness (QED) is 0.158. The highest BCUT2D eigenvalue weighted by molar-refractivity contribution is 4.84. The summed E-state index contributed by atoms with van der Waals surface area (Å²) in [5.41, 5.74) is -2.90. The summed E-state index contributed by atoms with van der Waals surface area (Å²) in [5, 5.41) is 18.3. The van der Waals surface area contributed by atoms with Gasteiger partial charge in [-0.1, -0.05) is 12.8 Å². The average Bonchev–Trinajstić information content (AvgIpc) is 2.79. The molecule has 0 aromatic carbocycles. The average molecular weight is 511 g/mol. The van der Waals surface area contributed by atoms with Crippen LogP contribution in [0.5, 0.6) is 0 Å². The van der Waals surface area contributed by atoms with Gasteiger partial charge in [0.25, 0.3) is 0 Å². The number of rotatable bonds is 11. The van der Waals surface area contributed by atoms with Crippen LogP contribution in [0.2, 0.25) is 0 Å². The second kappa shape index (κ2) is 12.3. The maximum Gasteiger partial charge on any atom is 0.212 e. The van der Waals surface area contributed by atoms with E-state index in [-0.39, 0.29) is 11.1 Å². The molecule has 210 valence electrons. The van der Waals surface area contributed by atoms with Crippen LogP contribution in [0.3, 0.4) is 0 Å². The maximum atomic E-state index is 6.07. The fraction of sp³-hybridized carbons (Fsp3) is 1.00. The molecule has 0 amide bonds. The lowest BCUT2D eigenvalue weighted by Crippen LogP contribution is -2.40. The molecule has 0 atom stereocenters. The summed E-state index contributed by atoms with van der Waals surface area (Å²) in [6, 6.07) is 0. The molecule has 0 unspecified atom stereocenters. The molecule has 0 N–H and O–H groups in total. The molecule has 0 aromatic rings. The Bertz CT molecular complexity index is 661. The van der Waals surface area contributed by atoms with Crippen LogP contribution in [0.25, 0.3) is 0 Å². The standard InChI is InChI=1S/C28H54N4O4/c1-23(2,3)29-31-27(17-13-11-14-18-27)35-33-25(7,8)21-22-26(9,10)34-36-28(19-15-12-16-20-28)32-30-24(4,5)6/h11-22H2,1-10H3/b31-29+,32-30+. The number of azo groups is 2. The van der Waals surface area contributed by atoms with E-state index < -0.39 is 22.7 Å². The molecule has 0 heterocycles. The van der Waals surface area contributed by atoms with Crippen LogP contribution in [0.1, 0.15) is 146 Å². The Labute approximate surface area is 220 Å². The smallest absolute Gasteiger partial charge is 0.212 e. The van der Waals surface area contributed by atoms with Crippen molar-refractivity contribution >= 4 is 0 Å². The Kier molecular flexibility index (Phi) is 10.7. The summed E-state index contributed by atoms with van der Waals surface area (Å²) >= 11 is 0. The minimum absolute atomic E-state index is 0.243. The van der Waals surface area contributed by atoms with Crippen LogP contribution in [0, 0.1) is 0 Å². The van der Waals surface area contributed by atoms with Crippen molar-refractivity contribution in [3.8, 4) is 0 Å². The zero-order chi connectivity index (χ0) is 27.1. The molecule has 0 spiro atoms. The van der Waals surface area contributed by atoms with Gasteiger partial charge in [0.1, 0.15) is 0 Å². The van der Waals surface area contributed by atoms with Gasteiger partial charge in [-0.25, -0.2) is 19.6 Å². The largest absolute Gasteiger partial charge is 0.228 e. The summed E-state index contributed by atoms with van der Waals surface area (Å²) in [6.07, 6.45) is 11.4. The van der Waals surface area contributed by atoms with E-state index in [2.05, 4.69) is 20.5 Å². The molecule has 36 heavy (non-hydrogen) atoms. The molecule has 2 rings (SSSR count). The van der Waals surface area contributed by atoms with E-state index in [0.717, 1.165) is 64.2 Å². The Morgan fingerprint density at radius 1 is 0.500 bits per heavy atom. The second-order valence-corrected chi connectivity index (χ2v) is 14.1. The summed E-state index contributed by atoms with van der Waals surface area (Å²) < 4.78 is 0. The number of hydrogen-bond acceptors (Lipinski definition) is 8. The summed E-state index contributed by atoms with van der Waals surface area (Å²) in [5.74, 6) is 0. The van der Waals surface area contributed by atoms with Crippen molar-refractivity contribution in [2.45, 2.75) is 180 Å². The van der Waals surface area contributed by atoms with Crippen LogP contribution in [-0.2, 0) is 19.6 Å². The molecule has 2 aliphatic rings. The van der Waals surface area contributed by atoms with Gasteiger partial charge in [0.2, 0.25) is 11.4 Å². The predicted molar refractivity (Wildman–Crippen MR) is 143 cm³/mol. The lowest BCUT2D eigenvalue weighted by molar-refractivity contribution is -0.424. The first-order valence-electron chi connectivity index (χ1n) is 14.1. The van der Waals surface area contributed by atoms with Gasteiger partial charge in [-0.3, -0.25) is 0 Å². The zero-order valence-electron chi connectivity index (χ0n) is 24.9. The van der Waals surface area contributed by atoms with Crippen molar-refractivity contribution in [3.05, 3.63) is 0 Å². The van der Waals surface area contributed by atoms with Crippen LogP contribution < -0.4 is 0 Å². The molecular weight excluding hydrogens is 456 g/mol. The van der Waals surface area contributed by atoms with Gasteiger partial charge in [-0.05, 0) is 108 Å². The van der Waals surface area contributed by atoms with Crippen molar-refractivity contribution in [1.82, 2.24) is 0 Å². The molecular formula is C28H54N4O4. The third-order valence-electron chi connectivity index (χ3n) is 6.51. The molecule has 0 aliphatic heterocycles. The fourth-order valence-corrected chi connectivity index (χ4v) is 4.16. The van der Waals surface area contributed by atoms with Gasteiger partial charge in [0, 0.05) is 25.7 Å². The van der Waals surface area contributed by atoms with Crippen LogP contribution in [0.4, 0.5) is 0 Å². The Morgan fingerprint density at radius 3 is 1.08 bits per heavy atom. The van der Waals surface area contributed by atoms with Crippen LogP contribution in [-0.4, -0.2) is 33.7 Å². The fourth-order valence-electron chi connectivity index (χ4n) is 4.16. The van der Waals surface area contributed by atoms with Crippen LogP contribution >= 0.6 is 0 Å². The SMILES string of the molecule is CC(C)(C)/N=N/C1(OOC(C)(C)CCC(C)(C)OOC2(/N=N/C(C)(C)C)CCCCC2)CCCCC1. The van der Waals surface area contributed by atoms with Gasteiger partial charge in [-0.2, -0.15) is 20.5 Å². The number of hydrogen-bond donors (Lipinski definition) is 0. The Hall–Kier alpha value is -0.960. The molecule has 8 nitrogen and oxygen atoms in total. The summed E-state index contributed by atoms with van der Waals surface area (Å²) in [7, 11) is 0. The number of nitrogens with zero attached hydrogens (tertiary/aromatic N) is 4. The molecule has 8 heteroatoms. The second-order valence-electron chi connectivity index (χ2n) is 14.1. The monoisotopic (exact) mass is 510 g/mol. The topological polar surface area (TPSA) is 86.4 Å². The zero-order valence-corrected chi connectivity index (χ0v) is 24.9. The van der Waals surface area contributed by atoms with E-state index >= 15 is 0 Å². The van der Waals surface area contributed by atoms with Gasteiger partial charge in [0.05, 0.1) is 22.3 Å². The van der Waals surface area contributed by atoms with E-state index in [0.29, 0.717) is 0 Å². The molecule has 0 bridgehead atoms. The third kappa shape index (κ3) is 11.6. The maximum absolute atomic E-state index is 6.07. The molecule has 0 saturated heterocycles. The minimum atomic E-state index is -0.691. The highest BCUT2D eigenvalue weighted by Gasteiger charge is 2.40. The van der Waals surface area contributed by atoms with E-state index in [4.69, 9.17) is 19.6 Å². The van der Waals surface area contributed by atoms with E-state index in [1.165, 1.54) is 12.8 Å². The summed E-state index contributed by atoms with van der Waals surface area (Å²) in [6.45, 7) is 20.4. The van der Waals surface area contributed by atoms with Crippen molar-refractivity contribution in [3.63, 3.8) is 0 Å². The van der Waals surface area contributed by atoms with E-state index in [1.54, 1.807) is 0 Å². The van der Waals surface area contributed by atoms with Gasteiger partial charge in [-0.15, -0.1) is 0 Å².